The average Bonchev–Trinajstić information content (AvgIpc) is 2.85. The van der Waals surface area contributed by atoms with Crippen molar-refractivity contribution in [1.29, 1.82) is 5.41 Å². The molecule has 102 valence electrons. The largest absolute Gasteiger partial charge is 0.384 e. The number of hydrogen-bond acceptors (Lipinski definition) is 2. The van der Waals surface area contributed by atoms with Crippen molar-refractivity contribution in [2.24, 2.45) is 11.7 Å². The fourth-order valence-electron chi connectivity index (χ4n) is 3.77. The molecule has 2 unspecified atom stereocenters. The molecular formula is C15H20ClN3. The van der Waals surface area contributed by atoms with Crippen molar-refractivity contribution in [1.82, 2.24) is 0 Å². The van der Waals surface area contributed by atoms with Crippen molar-refractivity contribution in [3.05, 3.63) is 28.8 Å². The number of amidine groups is 1. The molecule has 2 aliphatic rings. The molecule has 1 saturated carbocycles. The Hall–Kier alpha value is -1.22. The van der Waals surface area contributed by atoms with Crippen molar-refractivity contribution < 1.29 is 0 Å². The van der Waals surface area contributed by atoms with E-state index in [0.29, 0.717) is 16.6 Å². The lowest BCUT2D eigenvalue weighted by Crippen LogP contribution is -2.43. The molecule has 1 aliphatic heterocycles. The number of nitrogen functional groups attached to an aromatic ring is 1. The molecule has 1 aromatic rings. The van der Waals surface area contributed by atoms with Crippen LogP contribution in [0.1, 0.15) is 37.7 Å². The highest BCUT2D eigenvalue weighted by molar-refractivity contribution is 6.34. The summed E-state index contributed by atoms with van der Waals surface area (Å²) in [5.74, 6) is 0.883. The van der Waals surface area contributed by atoms with Gasteiger partial charge in [-0.2, -0.15) is 0 Å². The van der Waals surface area contributed by atoms with E-state index in [1.807, 2.05) is 12.1 Å². The van der Waals surface area contributed by atoms with Gasteiger partial charge in [0.05, 0.1) is 10.6 Å². The second-order valence-electron chi connectivity index (χ2n) is 5.64. The molecule has 0 bridgehead atoms. The third-order valence-corrected chi connectivity index (χ3v) is 4.88. The summed E-state index contributed by atoms with van der Waals surface area (Å²) in [6, 6.07) is 6.45. The van der Waals surface area contributed by atoms with Crippen LogP contribution in [0.15, 0.2) is 18.2 Å². The lowest BCUT2D eigenvalue weighted by atomic mass is 9.91. The summed E-state index contributed by atoms with van der Waals surface area (Å²) < 4.78 is 0. The predicted octanol–water partition coefficient (Wildman–Crippen LogP) is 3.39. The molecule has 0 radical (unpaired) electrons. The Balaban J connectivity index is 2.01. The molecule has 4 heteroatoms. The molecule has 3 rings (SSSR count). The Morgan fingerprint density at radius 3 is 2.84 bits per heavy atom. The van der Waals surface area contributed by atoms with E-state index >= 15 is 0 Å². The summed E-state index contributed by atoms with van der Waals surface area (Å²) in [6.45, 7) is 1.06. The first-order chi connectivity index (χ1) is 9.18. The molecule has 2 atom stereocenters. The van der Waals surface area contributed by atoms with Gasteiger partial charge in [0.15, 0.2) is 0 Å². The molecule has 1 aromatic carbocycles. The zero-order valence-corrected chi connectivity index (χ0v) is 11.8. The minimum Gasteiger partial charge on any atom is -0.384 e. The third-order valence-electron chi connectivity index (χ3n) is 4.56. The Bertz CT molecular complexity index is 500. The lowest BCUT2D eigenvalue weighted by Gasteiger charge is -2.40. The van der Waals surface area contributed by atoms with Crippen LogP contribution in [0.2, 0.25) is 5.02 Å². The highest BCUT2D eigenvalue weighted by atomic mass is 35.5. The van der Waals surface area contributed by atoms with Gasteiger partial charge >= 0.3 is 0 Å². The van der Waals surface area contributed by atoms with Gasteiger partial charge in [0.25, 0.3) is 0 Å². The number of benzene rings is 1. The van der Waals surface area contributed by atoms with Gasteiger partial charge < -0.3 is 10.6 Å². The van der Waals surface area contributed by atoms with Crippen LogP contribution in [0.25, 0.3) is 0 Å². The number of piperidine rings is 1. The van der Waals surface area contributed by atoms with Crippen LogP contribution in [0.4, 0.5) is 5.69 Å². The van der Waals surface area contributed by atoms with Crippen molar-refractivity contribution >= 4 is 23.1 Å². The average molecular weight is 278 g/mol. The van der Waals surface area contributed by atoms with Crippen LogP contribution in [0, 0.1) is 11.3 Å². The molecule has 0 amide bonds. The number of fused-ring (bicyclic) bond motifs is 1. The highest BCUT2D eigenvalue weighted by Gasteiger charge is 2.36. The fourth-order valence-corrected chi connectivity index (χ4v) is 4.04. The number of hydrogen-bond donors (Lipinski definition) is 2. The molecule has 0 aromatic heterocycles. The van der Waals surface area contributed by atoms with Crippen molar-refractivity contribution in [3.8, 4) is 0 Å². The van der Waals surface area contributed by atoms with Gasteiger partial charge in [0.1, 0.15) is 5.84 Å². The molecule has 0 spiro atoms. The van der Waals surface area contributed by atoms with Gasteiger partial charge in [-0.1, -0.05) is 24.1 Å². The monoisotopic (exact) mass is 277 g/mol. The molecule has 3 N–H and O–H groups in total. The smallest absolute Gasteiger partial charge is 0.126 e. The van der Waals surface area contributed by atoms with Gasteiger partial charge in [0, 0.05) is 18.3 Å². The normalized spacial score (nSPS) is 26.3. The Kier molecular flexibility index (Phi) is 3.40. The Morgan fingerprint density at radius 2 is 2.05 bits per heavy atom. The first kappa shape index (κ1) is 12.8. The summed E-state index contributed by atoms with van der Waals surface area (Å²) >= 11 is 6.24. The number of nitrogens with one attached hydrogen (secondary N) is 1. The van der Waals surface area contributed by atoms with E-state index in [-0.39, 0.29) is 5.84 Å². The van der Waals surface area contributed by atoms with E-state index in [1.54, 1.807) is 0 Å². The summed E-state index contributed by atoms with van der Waals surface area (Å²) in [4.78, 5) is 2.45. The summed E-state index contributed by atoms with van der Waals surface area (Å²) in [7, 11) is 0. The fraction of sp³-hybridized carbons (Fsp3) is 0.533. The standard InChI is InChI=1S/C15H20ClN3/c16-11-6-2-8-13(14(11)15(17)18)19-9-3-5-10-4-1-7-12(10)19/h2,6,8,10,12H,1,3-5,7,9H2,(H3,17,18). The van der Waals surface area contributed by atoms with E-state index in [2.05, 4.69) is 11.0 Å². The Labute approximate surface area is 119 Å². The number of nitrogens with two attached hydrogens (primary N) is 1. The maximum Gasteiger partial charge on any atom is 0.126 e. The quantitative estimate of drug-likeness (QED) is 0.643. The summed E-state index contributed by atoms with van der Waals surface area (Å²) in [6.07, 6.45) is 6.50. The van der Waals surface area contributed by atoms with Gasteiger partial charge in [0.2, 0.25) is 0 Å². The maximum atomic E-state index is 7.79. The zero-order valence-electron chi connectivity index (χ0n) is 11.0. The minimum absolute atomic E-state index is 0.0701. The van der Waals surface area contributed by atoms with Crippen molar-refractivity contribution in [3.63, 3.8) is 0 Å². The molecule has 1 aliphatic carbocycles. The van der Waals surface area contributed by atoms with Gasteiger partial charge in [-0.15, -0.1) is 0 Å². The zero-order chi connectivity index (χ0) is 13.4. The second kappa shape index (κ2) is 5.04. The third kappa shape index (κ3) is 2.20. The molecular weight excluding hydrogens is 258 g/mol. The van der Waals surface area contributed by atoms with Crippen molar-refractivity contribution in [2.75, 3.05) is 11.4 Å². The first-order valence-electron chi connectivity index (χ1n) is 7.08. The van der Waals surface area contributed by atoms with Crippen LogP contribution in [-0.2, 0) is 0 Å². The van der Waals surface area contributed by atoms with Gasteiger partial charge in [-0.25, -0.2) is 0 Å². The van der Waals surface area contributed by atoms with E-state index in [0.717, 1.165) is 18.2 Å². The van der Waals surface area contributed by atoms with Crippen LogP contribution in [-0.4, -0.2) is 18.4 Å². The van der Waals surface area contributed by atoms with Gasteiger partial charge in [-0.3, -0.25) is 5.41 Å². The SMILES string of the molecule is N=C(N)c1c(Cl)cccc1N1CCCC2CCCC21. The molecule has 2 fully saturated rings. The predicted molar refractivity (Wildman–Crippen MR) is 80.2 cm³/mol. The van der Waals surface area contributed by atoms with Crippen LogP contribution in [0.3, 0.4) is 0 Å². The molecule has 1 heterocycles. The topological polar surface area (TPSA) is 53.1 Å². The molecule has 1 saturated heterocycles. The molecule has 3 nitrogen and oxygen atoms in total. The van der Waals surface area contributed by atoms with Gasteiger partial charge in [-0.05, 0) is 43.7 Å². The molecule has 19 heavy (non-hydrogen) atoms. The number of nitrogens with zero attached hydrogens (tertiary/aromatic N) is 1. The Morgan fingerprint density at radius 1 is 1.26 bits per heavy atom. The van der Waals surface area contributed by atoms with Crippen LogP contribution < -0.4 is 10.6 Å². The van der Waals surface area contributed by atoms with Crippen LogP contribution in [0.5, 0.6) is 0 Å². The van der Waals surface area contributed by atoms with Crippen molar-refractivity contribution in [2.45, 2.75) is 38.1 Å². The maximum absolute atomic E-state index is 7.79. The first-order valence-corrected chi connectivity index (χ1v) is 7.46. The van der Waals surface area contributed by atoms with Crippen LogP contribution >= 0.6 is 11.6 Å². The number of halogens is 1. The minimum atomic E-state index is 0.0701. The summed E-state index contributed by atoms with van der Waals surface area (Å²) in [5, 5.41) is 8.38. The van der Waals surface area contributed by atoms with E-state index in [4.69, 9.17) is 22.7 Å². The highest BCUT2D eigenvalue weighted by Crippen LogP contribution is 2.40. The number of anilines is 1. The number of rotatable bonds is 2. The second-order valence-corrected chi connectivity index (χ2v) is 6.05. The van der Waals surface area contributed by atoms with E-state index in [1.165, 1.54) is 32.1 Å². The van der Waals surface area contributed by atoms with E-state index < -0.39 is 0 Å². The summed E-state index contributed by atoms with van der Waals surface area (Å²) in [5.41, 5.74) is 7.49. The lowest BCUT2D eigenvalue weighted by molar-refractivity contribution is 0.362. The van der Waals surface area contributed by atoms with E-state index in [9.17, 15) is 0 Å².